The van der Waals surface area contributed by atoms with E-state index in [1.807, 2.05) is 24.3 Å². The number of piperidine rings is 1. The molecule has 0 bridgehead atoms. The molecule has 0 saturated carbocycles. The van der Waals surface area contributed by atoms with E-state index in [-0.39, 0.29) is 11.5 Å². The molecule has 4 heteroatoms. The highest BCUT2D eigenvalue weighted by molar-refractivity contribution is 6.31. The van der Waals surface area contributed by atoms with Crippen LogP contribution in [-0.2, 0) is 5.41 Å². The maximum Gasteiger partial charge on any atom is 0.0683 e. The average molecular weight is 399 g/mol. The van der Waals surface area contributed by atoms with Crippen molar-refractivity contribution in [1.82, 2.24) is 5.32 Å². The Morgan fingerprint density at radius 3 is 2.78 bits per heavy atom. The van der Waals surface area contributed by atoms with Gasteiger partial charge in [-0.15, -0.1) is 0 Å². The van der Waals surface area contributed by atoms with Gasteiger partial charge in [-0.2, -0.15) is 0 Å². The maximum atomic E-state index is 6.36. The lowest BCUT2D eigenvalue weighted by Crippen LogP contribution is -2.57. The summed E-state index contributed by atoms with van der Waals surface area (Å²) >= 11 is 12.6. The number of aliphatic imine (C=N–C) groups is 1. The second-order valence-electron chi connectivity index (χ2n) is 7.35. The molecule has 0 amide bonds. The summed E-state index contributed by atoms with van der Waals surface area (Å²) in [5.74, 6) is 0.301. The van der Waals surface area contributed by atoms with E-state index >= 15 is 0 Å². The van der Waals surface area contributed by atoms with Crippen LogP contribution in [0.5, 0.6) is 0 Å². The lowest BCUT2D eigenvalue weighted by molar-refractivity contribution is 0.290. The smallest absolute Gasteiger partial charge is 0.0683 e. The van der Waals surface area contributed by atoms with E-state index in [9.17, 15) is 0 Å². The fourth-order valence-electron chi connectivity index (χ4n) is 4.89. The van der Waals surface area contributed by atoms with Crippen molar-refractivity contribution in [1.29, 1.82) is 0 Å². The Hall–Kier alpha value is -1.61. The van der Waals surface area contributed by atoms with Crippen LogP contribution in [-0.4, -0.2) is 18.8 Å². The van der Waals surface area contributed by atoms with E-state index in [0.29, 0.717) is 5.92 Å². The summed E-state index contributed by atoms with van der Waals surface area (Å²) < 4.78 is 0. The van der Waals surface area contributed by atoms with Gasteiger partial charge in [-0.25, -0.2) is 0 Å². The van der Waals surface area contributed by atoms with Gasteiger partial charge < -0.3 is 5.32 Å². The van der Waals surface area contributed by atoms with Crippen molar-refractivity contribution < 1.29 is 0 Å². The first-order valence-corrected chi connectivity index (χ1v) is 10.3. The van der Waals surface area contributed by atoms with Gasteiger partial charge in [-0.1, -0.05) is 60.0 Å². The predicted molar refractivity (Wildman–Crippen MR) is 116 cm³/mol. The van der Waals surface area contributed by atoms with Crippen LogP contribution in [0.1, 0.15) is 43.7 Å². The summed E-state index contributed by atoms with van der Waals surface area (Å²) in [6.07, 6.45) is 6.46. The molecule has 2 aromatic carbocycles. The number of halogens is 2. The van der Waals surface area contributed by atoms with Crippen molar-refractivity contribution in [3.63, 3.8) is 0 Å². The van der Waals surface area contributed by atoms with Crippen LogP contribution >= 0.6 is 23.2 Å². The minimum Gasteiger partial charge on any atom is -0.309 e. The molecule has 2 aliphatic heterocycles. The average Bonchev–Trinajstić information content (AvgIpc) is 3.03. The molecular weight excluding hydrogens is 375 g/mol. The van der Waals surface area contributed by atoms with Crippen LogP contribution in [0.3, 0.4) is 0 Å². The molecule has 3 atom stereocenters. The SMILES string of the molecule is CC=C(CC)[C@H]1NCC[C@@H](c2cccc(Cl)c2)[C@]12C=Nc1cc(Cl)ccc12. The van der Waals surface area contributed by atoms with Gasteiger partial charge in [0.05, 0.1) is 11.1 Å². The topological polar surface area (TPSA) is 24.4 Å². The number of fused-ring (bicyclic) bond motifs is 2. The second-order valence-corrected chi connectivity index (χ2v) is 8.23. The minimum atomic E-state index is -0.235. The molecule has 2 heterocycles. The molecule has 1 N–H and O–H groups in total. The zero-order valence-corrected chi connectivity index (χ0v) is 17.2. The first-order chi connectivity index (χ1) is 13.1. The maximum absolute atomic E-state index is 6.36. The third-order valence-corrected chi connectivity index (χ3v) is 6.55. The highest BCUT2D eigenvalue weighted by Gasteiger charge is 2.52. The van der Waals surface area contributed by atoms with Gasteiger partial charge >= 0.3 is 0 Å². The molecule has 140 valence electrons. The van der Waals surface area contributed by atoms with Gasteiger partial charge in [0.25, 0.3) is 0 Å². The number of hydrogen-bond donors (Lipinski definition) is 1. The summed E-state index contributed by atoms with van der Waals surface area (Å²) in [7, 11) is 0. The number of allylic oxidation sites excluding steroid dienone is 1. The Kier molecular flexibility index (Phi) is 5.15. The number of nitrogens with one attached hydrogen (secondary N) is 1. The summed E-state index contributed by atoms with van der Waals surface area (Å²) in [5, 5.41) is 5.31. The van der Waals surface area contributed by atoms with E-state index in [1.54, 1.807) is 0 Å². The van der Waals surface area contributed by atoms with Crippen molar-refractivity contribution in [3.05, 3.63) is 75.3 Å². The fraction of sp³-hybridized carbons (Fsp3) is 0.348. The van der Waals surface area contributed by atoms with Crippen LogP contribution < -0.4 is 5.32 Å². The molecule has 0 aliphatic carbocycles. The van der Waals surface area contributed by atoms with E-state index in [4.69, 9.17) is 28.2 Å². The van der Waals surface area contributed by atoms with Gasteiger partial charge in [-0.05, 0) is 61.7 Å². The fourth-order valence-corrected chi connectivity index (χ4v) is 5.26. The highest BCUT2D eigenvalue weighted by Crippen LogP contribution is 2.53. The third kappa shape index (κ3) is 3.04. The largest absolute Gasteiger partial charge is 0.309 e. The number of nitrogens with zero attached hydrogens (tertiary/aromatic N) is 1. The van der Waals surface area contributed by atoms with Gasteiger partial charge in [0.1, 0.15) is 0 Å². The molecule has 2 nitrogen and oxygen atoms in total. The summed E-state index contributed by atoms with van der Waals surface area (Å²) in [6, 6.07) is 14.6. The number of rotatable bonds is 3. The zero-order chi connectivity index (χ0) is 19.0. The molecule has 1 fully saturated rings. The summed E-state index contributed by atoms with van der Waals surface area (Å²) in [4.78, 5) is 4.83. The van der Waals surface area contributed by atoms with Gasteiger partial charge in [0.2, 0.25) is 0 Å². The Balaban J connectivity index is 1.94. The van der Waals surface area contributed by atoms with Crippen molar-refractivity contribution in [3.8, 4) is 0 Å². The van der Waals surface area contributed by atoms with E-state index < -0.39 is 0 Å². The number of benzene rings is 2. The number of hydrogen-bond acceptors (Lipinski definition) is 2. The van der Waals surface area contributed by atoms with Crippen LogP contribution in [0.2, 0.25) is 10.0 Å². The lowest BCUT2D eigenvalue weighted by atomic mass is 9.60. The molecule has 1 saturated heterocycles. The molecular formula is C23H24Cl2N2. The quantitative estimate of drug-likeness (QED) is 0.590. The van der Waals surface area contributed by atoms with Gasteiger partial charge in [0.15, 0.2) is 0 Å². The molecule has 0 radical (unpaired) electrons. The van der Waals surface area contributed by atoms with E-state index in [1.165, 1.54) is 16.7 Å². The first kappa shape index (κ1) is 18.7. The second kappa shape index (κ2) is 7.43. The molecule has 2 aromatic rings. The Bertz CT molecular complexity index is 918. The lowest BCUT2D eigenvalue weighted by Gasteiger charge is -2.48. The van der Waals surface area contributed by atoms with Crippen LogP contribution in [0, 0.1) is 0 Å². The van der Waals surface area contributed by atoms with E-state index in [0.717, 1.165) is 35.1 Å². The Labute approximate surface area is 171 Å². The minimum absolute atomic E-state index is 0.205. The molecule has 1 spiro atoms. The molecule has 2 aliphatic rings. The standard InChI is InChI=1S/C23H24Cl2N2/c1-3-15(4-2)22-23(14-27-21-13-18(25)8-9-20(21)23)19(10-11-26-22)16-6-5-7-17(24)12-16/h3,5-9,12-14,19,22,26H,4,10-11H2,1-2H3/t19-,22+,23-/m0/s1. The molecule has 4 rings (SSSR count). The zero-order valence-electron chi connectivity index (χ0n) is 15.7. The van der Waals surface area contributed by atoms with Crippen LogP contribution in [0.15, 0.2) is 59.1 Å². The molecule has 0 unspecified atom stereocenters. The van der Waals surface area contributed by atoms with Crippen LogP contribution in [0.4, 0.5) is 5.69 Å². The van der Waals surface area contributed by atoms with Crippen molar-refractivity contribution in [2.75, 3.05) is 6.54 Å². The van der Waals surface area contributed by atoms with Gasteiger partial charge in [-0.3, -0.25) is 4.99 Å². The van der Waals surface area contributed by atoms with Crippen molar-refractivity contribution >= 4 is 35.1 Å². The first-order valence-electron chi connectivity index (χ1n) is 9.59. The molecule has 0 aromatic heterocycles. The monoisotopic (exact) mass is 398 g/mol. The Morgan fingerprint density at radius 1 is 1.22 bits per heavy atom. The highest BCUT2D eigenvalue weighted by atomic mass is 35.5. The third-order valence-electron chi connectivity index (χ3n) is 6.08. The molecule has 27 heavy (non-hydrogen) atoms. The van der Waals surface area contributed by atoms with Crippen molar-refractivity contribution in [2.45, 2.75) is 44.1 Å². The predicted octanol–water partition coefficient (Wildman–Crippen LogP) is 6.45. The van der Waals surface area contributed by atoms with Crippen LogP contribution in [0.25, 0.3) is 0 Å². The van der Waals surface area contributed by atoms with E-state index in [2.05, 4.69) is 49.7 Å². The summed E-state index contributed by atoms with van der Waals surface area (Å²) in [5.41, 5.74) is 4.68. The van der Waals surface area contributed by atoms with Crippen molar-refractivity contribution in [2.24, 2.45) is 4.99 Å². The summed E-state index contributed by atoms with van der Waals surface area (Å²) in [6.45, 7) is 5.33. The Morgan fingerprint density at radius 2 is 2.04 bits per heavy atom. The normalized spacial score (nSPS) is 27.2. The van der Waals surface area contributed by atoms with Gasteiger partial charge in [0, 0.05) is 28.2 Å².